The van der Waals surface area contributed by atoms with Crippen molar-refractivity contribution in [3.8, 4) is 11.5 Å². The average Bonchev–Trinajstić information content (AvgIpc) is 3.16. The van der Waals surface area contributed by atoms with Crippen molar-refractivity contribution >= 4 is 35.3 Å². The Morgan fingerprint density at radius 2 is 1.78 bits per heavy atom. The molecule has 0 aromatic heterocycles. The van der Waals surface area contributed by atoms with Crippen molar-refractivity contribution in [2.75, 3.05) is 6.61 Å². The Morgan fingerprint density at radius 1 is 1.03 bits per heavy atom. The van der Waals surface area contributed by atoms with Gasteiger partial charge in [-0.25, -0.2) is 9.59 Å². The highest BCUT2D eigenvalue weighted by atomic mass is 35.5. The van der Waals surface area contributed by atoms with Gasteiger partial charge in [-0.15, -0.1) is 0 Å². The first-order valence-electron chi connectivity index (χ1n) is 9.87. The minimum absolute atomic E-state index is 0.241. The van der Waals surface area contributed by atoms with Gasteiger partial charge in [0.2, 0.25) is 0 Å². The number of rotatable bonds is 6. The molecule has 1 aliphatic heterocycles. The van der Waals surface area contributed by atoms with Crippen LogP contribution in [0.2, 0.25) is 5.02 Å². The third kappa shape index (κ3) is 4.55. The van der Waals surface area contributed by atoms with Gasteiger partial charge >= 0.3 is 11.9 Å². The molecule has 6 nitrogen and oxygen atoms in total. The van der Waals surface area contributed by atoms with Gasteiger partial charge in [-0.2, -0.15) is 0 Å². The van der Waals surface area contributed by atoms with Crippen LogP contribution in [0.4, 0.5) is 0 Å². The summed E-state index contributed by atoms with van der Waals surface area (Å²) in [5.41, 5.74) is 2.44. The van der Waals surface area contributed by atoms with E-state index in [0.717, 1.165) is 5.56 Å². The van der Waals surface area contributed by atoms with Crippen molar-refractivity contribution in [1.82, 2.24) is 0 Å². The van der Waals surface area contributed by atoms with Gasteiger partial charge in [0, 0.05) is 5.56 Å². The molecular weight excluding hydrogens is 430 g/mol. The Hall–Kier alpha value is -3.90. The zero-order chi connectivity index (χ0) is 22.5. The monoisotopic (exact) mass is 447 g/mol. The molecule has 0 aliphatic carbocycles. The van der Waals surface area contributed by atoms with Gasteiger partial charge in [0.15, 0.2) is 11.5 Å². The topological polar surface area (TPSA) is 74.2 Å². The predicted molar refractivity (Wildman–Crippen MR) is 121 cm³/mol. The third-order valence-corrected chi connectivity index (χ3v) is 4.95. The van der Waals surface area contributed by atoms with Crippen LogP contribution in [-0.4, -0.2) is 24.3 Å². The van der Waals surface area contributed by atoms with Crippen LogP contribution in [0.3, 0.4) is 0 Å². The molecule has 3 aromatic carbocycles. The number of carbonyl (C=O) groups is 2. The third-order valence-electron chi connectivity index (χ3n) is 4.62. The van der Waals surface area contributed by atoms with Crippen LogP contribution < -0.4 is 9.47 Å². The summed E-state index contributed by atoms with van der Waals surface area (Å²) in [5, 5.41) is 4.20. The van der Waals surface area contributed by atoms with E-state index < -0.39 is 11.9 Å². The summed E-state index contributed by atoms with van der Waals surface area (Å²) in [4.78, 5) is 29.7. The maximum absolute atomic E-state index is 12.5. The number of nitrogens with zero attached hydrogens (tertiary/aromatic N) is 1. The largest absolute Gasteiger partial charge is 0.490 e. The summed E-state index contributed by atoms with van der Waals surface area (Å²) >= 11 is 6.09. The molecule has 7 heteroatoms. The molecule has 0 spiro atoms. The molecule has 0 bridgehead atoms. The second kappa shape index (κ2) is 9.49. The molecule has 0 amide bonds. The zero-order valence-corrected chi connectivity index (χ0v) is 17.8. The van der Waals surface area contributed by atoms with Crippen molar-refractivity contribution in [3.05, 3.63) is 100 Å². The van der Waals surface area contributed by atoms with E-state index in [-0.39, 0.29) is 11.3 Å². The van der Waals surface area contributed by atoms with Gasteiger partial charge in [-0.3, -0.25) is 0 Å². The molecule has 0 radical (unpaired) electrons. The minimum atomic E-state index is -0.597. The van der Waals surface area contributed by atoms with E-state index in [1.165, 1.54) is 0 Å². The van der Waals surface area contributed by atoms with Crippen molar-refractivity contribution in [2.24, 2.45) is 5.16 Å². The number of carbonyl (C=O) groups excluding carboxylic acids is 2. The van der Waals surface area contributed by atoms with E-state index in [1.807, 2.05) is 37.3 Å². The lowest BCUT2D eigenvalue weighted by molar-refractivity contribution is -0.136. The lowest BCUT2D eigenvalue weighted by Gasteiger charge is -2.12. The molecule has 32 heavy (non-hydrogen) atoms. The zero-order valence-electron chi connectivity index (χ0n) is 17.1. The van der Waals surface area contributed by atoms with Crippen LogP contribution in [0.15, 0.2) is 83.5 Å². The van der Waals surface area contributed by atoms with Crippen molar-refractivity contribution in [1.29, 1.82) is 0 Å². The van der Waals surface area contributed by atoms with Crippen LogP contribution >= 0.6 is 11.6 Å². The summed E-state index contributed by atoms with van der Waals surface area (Å²) in [6.45, 7) is 2.18. The van der Waals surface area contributed by atoms with Gasteiger partial charge in [0.05, 0.1) is 22.8 Å². The molecule has 0 unspecified atom stereocenters. The van der Waals surface area contributed by atoms with Crippen molar-refractivity contribution in [2.45, 2.75) is 6.92 Å². The molecule has 0 N–H and O–H groups in total. The summed E-state index contributed by atoms with van der Waals surface area (Å²) < 4.78 is 11.2. The molecule has 0 fully saturated rings. The number of ether oxygens (including phenoxy) is 2. The number of oxime groups is 1. The van der Waals surface area contributed by atoms with Crippen molar-refractivity contribution in [3.63, 3.8) is 0 Å². The predicted octanol–water partition coefficient (Wildman–Crippen LogP) is 5.30. The number of hydrogen-bond acceptors (Lipinski definition) is 6. The fourth-order valence-corrected chi connectivity index (χ4v) is 3.34. The van der Waals surface area contributed by atoms with E-state index in [0.29, 0.717) is 34.2 Å². The average molecular weight is 448 g/mol. The molecule has 160 valence electrons. The number of esters is 1. The van der Waals surface area contributed by atoms with Crippen LogP contribution in [0, 0.1) is 0 Å². The smallest absolute Gasteiger partial charge is 0.368 e. The normalized spacial score (nSPS) is 14.1. The summed E-state index contributed by atoms with van der Waals surface area (Å²) in [7, 11) is 0. The fourth-order valence-electron chi connectivity index (χ4n) is 3.13. The second-order valence-corrected chi connectivity index (χ2v) is 7.16. The standard InChI is InChI=1S/C25H18ClNO5/c1-2-30-22-15-16(12-13-21(22)31-24(28)18-10-6-7-11-20(18)26)14-19-23(27-32-25(19)29)17-8-4-3-5-9-17/h3-15H,2H2,1H3/b19-14+. The highest BCUT2D eigenvalue weighted by Gasteiger charge is 2.27. The minimum Gasteiger partial charge on any atom is -0.490 e. The lowest BCUT2D eigenvalue weighted by Crippen LogP contribution is -2.10. The van der Waals surface area contributed by atoms with Crippen LogP contribution in [0.25, 0.3) is 6.08 Å². The van der Waals surface area contributed by atoms with Gasteiger partial charge in [-0.05, 0) is 42.8 Å². The van der Waals surface area contributed by atoms with Gasteiger partial charge in [0.25, 0.3) is 0 Å². The number of benzene rings is 3. The molecular formula is C25H18ClNO5. The Bertz CT molecular complexity index is 1230. The van der Waals surface area contributed by atoms with E-state index in [4.69, 9.17) is 25.9 Å². The van der Waals surface area contributed by atoms with E-state index in [1.54, 1.807) is 48.5 Å². The Kier molecular flexibility index (Phi) is 6.33. The maximum Gasteiger partial charge on any atom is 0.368 e. The highest BCUT2D eigenvalue weighted by molar-refractivity contribution is 6.33. The van der Waals surface area contributed by atoms with Crippen LogP contribution in [-0.2, 0) is 9.63 Å². The van der Waals surface area contributed by atoms with Gasteiger partial charge < -0.3 is 14.3 Å². The number of hydrogen-bond donors (Lipinski definition) is 0. The summed E-state index contributed by atoms with van der Waals surface area (Å²) in [6, 6.07) is 20.9. The van der Waals surface area contributed by atoms with E-state index in [9.17, 15) is 9.59 Å². The Balaban J connectivity index is 1.64. The first-order chi connectivity index (χ1) is 15.6. The molecule has 0 atom stereocenters. The van der Waals surface area contributed by atoms with Crippen LogP contribution in [0.5, 0.6) is 11.5 Å². The van der Waals surface area contributed by atoms with Crippen LogP contribution in [0.1, 0.15) is 28.4 Å². The van der Waals surface area contributed by atoms with Crippen molar-refractivity contribution < 1.29 is 23.9 Å². The Labute approximate surface area is 189 Å². The molecule has 0 saturated carbocycles. The maximum atomic E-state index is 12.5. The van der Waals surface area contributed by atoms with Gasteiger partial charge in [-0.1, -0.05) is 65.3 Å². The van der Waals surface area contributed by atoms with E-state index in [2.05, 4.69) is 5.16 Å². The molecule has 1 heterocycles. The quantitative estimate of drug-likeness (QED) is 0.222. The molecule has 1 aliphatic rings. The van der Waals surface area contributed by atoms with Gasteiger partial charge in [0.1, 0.15) is 5.71 Å². The Morgan fingerprint density at radius 3 is 2.53 bits per heavy atom. The first-order valence-corrected chi connectivity index (χ1v) is 10.2. The molecule has 0 saturated heterocycles. The highest BCUT2D eigenvalue weighted by Crippen LogP contribution is 2.31. The summed E-state index contributed by atoms with van der Waals surface area (Å²) in [5.74, 6) is -0.548. The second-order valence-electron chi connectivity index (χ2n) is 6.75. The summed E-state index contributed by atoms with van der Waals surface area (Å²) in [6.07, 6.45) is 1.66. The number of halogens is 1. The molecule has 4 rings (SSSR count). The van der Waals surface area contributed by atoms with E-state index >= 15 is 0 Å². The first kappa shape index (κ1) is 21.3. The molecule has 3 aromatic rings. The SMILES string of the molecule is CCOc1cc(/C=C2/C(=O)ON=C2c2ccccc2)ccc1OC(=O)c1ccccc1Cl. The lowest BCUT2D eigenvalue weighted by atomic mass is 10.0. The fraction of sp³-hybridized carbons (Fsp3) is 0.0800.